The average molecular weight is 1360 g/mol. The van der Waals surface area contributed by atoms with E-state index in [9.17, 15) is 97.0 Å². The Morgan fingerprint density at radius 2 is 1.11 bits per heavy atom. The molecule has 2 unspecified atom stereocenters. The van der Waals surface area contributed by atoms with Crippen molar-refractivity contribution in [2.24, 2.45) is 50.2 Å². The summed E-state index contributed by atoms with van der Waals surface area (Å²) >= 11 is 0. The van der Waals surface area contributed by atoms with Gasteiger partial charge >= 0.3 is 5.97 Å². The maximum Gasteiger partial charge on any atom is 0.317 e. The Labute approximate surface area is 542 Å². The van der Waals surface area contributed by atoms with Crippen molar-refractivity contribution in [2.75, 3.05) is 52.9 Å². The molecule has 6 heterocycles. The molecule has 32 nitrogen and oxygen atoms in total. The summed E-state index contributed by atoms with van der Waals surface area (Å²) in [6.07, 6.45) is -39.6. The average Bonchev–Trinajstić information content (AvgIpc) is 0.761. The number of allylic oxidation sites excluding steroid dienone is 2. The van der Waals surface area contributed by atoms with Crippen LogP contribution in [-0.4, -0.2) is 327 Å². The molecule has 0 aromatic carbocycles. The van der Waals surface area contributed by atoms with Gasteiger partial charge in [0.1, 0.15) is 102 Å². The second-order valence-corrected chi connectivity index (χ2v) is 30.6. The minimum atomic E-state index is -2.10. The first kappa shape index (κ1) is 73.2. The van der Waals surface area contributed by atoms with Gasteiger partial charge in [-0.15, -0.1) is 0 Å². The number of aliphatic hydroxyl groups is 19. The Hall–Kier alpha value is -1.99. The smallest absolute Gasteiger partial charge is 0.317 e. The molecular weight excluding hydrogens is 1260 g/mol. The Balaban J connectivity index is 0.798. The third-order valence-corrected chi connectivity index (χ3v) is 24.3. The first-order valence-electron chi connectivity index (χ1n) is 32.7. The molecule has 6 saturated heterocycles. The van der Waals surface area contributed by atoms with E-state index in [1.54, 1.807) is 6.92 Å². The largest absolute Gasteiger partial charge is 0.432 e. The van der Waals surface area contributed by atoms with Crippen molar-refractivity contribution in [1.82, 2.24) is 0 Å². The summed E-state index contributed by atoms with van der Waals surface area (Å²) in [4.78, 5) is 15.5. The van der Waals surface area contributed by atoms with Gasteiger partial charge in [-0.2, -0.15) is 0 Å². The molecule has 0 aromatic heterocycles. The van der Waals surface area contributed by atoms with Gasteiger partial charge in [0.05, 0.1) is 83.4 Å². The molecule has 11 aliphatic rings. The zero-order valence-electron chi connectivity index (χ0n) is 53.7. The van der Waals surface area contributed by atoms with Gasteiger partial charge in [-0.25, -0.2) is 0 Å². The molecule has 32 heteroatoms. The van der Waals surface area contributed by atoms with Crippen LogP contribution in [0.1, 0.15) is 93.4 Å². The Kier molecular flexibility index (Phi) is 20.6. The van der Waals surface area contributed by atoms with Crippen LogP contribution in [0.5, 0.6) is 0 Å². The fourth-order valence-electron chi connectivity index (χ4n) is 18.8. The zero-order chi connectivity index (χ0) is 68.7. The van der Waals surface area contributed by atoms with Crippen LogP contribution in [0.25, 0.3) is 0 Å². The predicted molar refractivity (Wildman–Crippen MR) is 308 cm³/mol. The fourth-order valence-corrected chi connectivity index (χ4v) is 18.8. The van der Waals surface area contributed by atoms with E-state index >= 15 is 4.79 Å². The minimum Gasteiger partial charge on any atom is -0.432 e. The number of aliphatic hydroxyl groups excluding tert-OH is 17. The number of ether oxygens (including phenoxy) is 12. The summed E-state index contributed by atoms with van der Waals surface area (Å²) in [5, 5.41) is 212. The lowest BCUT2D eigenvalue weighted by Gasteiger charge is -2.73. The van der Waals surface area contributed by atoms with Gasteiger partial charge in [-0.3, -0.25) is 4.79 Å². The molecule has 0 bridgehead atoms. The lowest BCUT2D eigenvalue weighted by Crippen LogP contribution is -2.73. The van der Waals surface area contributed by atoms with Crippen LogP contribution >= 0.6 is 0 Å². The van der Waals surface area contributed by atoms with Crippen molar-refractivity contribution in [3.63, 3.8) is 0 Å². The normalized spacial score (nSPS) is 55.8. The van der Waals surface area contributed by atoms with Gasteiger partial charge in [-0.1, -0.05) is 53.2 Å². The van der Waals surface area contributed by atoms with E-state index in [2.05, 4.69) is 19.9 Å². The number of hydrogen-bond acceptors (Lipinski definition) is 32. The molecule has 0 spiro atoms. The number of esters is 1. The van der Waals surface area contributed by atoms with Crippen molar-refractivity contribution in [1.29, 1.82) is 0 Å². The molecule has 11 rings (SSSR count). The second kappa shape index (κ2) is 26.4. The van der Waals surface area contributed by atoms with Crippen LogP contribution in [-0.2, 0) is 61.6 Å². The lowest BCUT2D eigenvalue weighted by molar-refractivity contribution is -0.372. The van der Waals surface area contributed by atoms with E-state index in [0.717, 1.165) is 5.57 Å². The number of rotatable bonds is 16. The predicted octanol–water partition coefficient (Wildman–Crippen LogP) is -6.91. The molecule has 10 fully saturated rings. The lowest BCUT2D eigenvalue weighted by atomic mass is 9.32. The summed E-state index contributed by atoms with van der Waals surface area (Å²) in [5.41, 5.74) is -9.77. The molecule has 6 aliphatic heterocycles. The molecule has 19 N–H and O–H groups in total. The van der Waals surface area contributed by atoms with Crippen molar-refractivity contribution in [2.45, 2.75) is 264 Å². The third-order valence-electron chi connectivity index (χ3n) is 24.3. The summed E-state index contributed by atoms with van der Waals surface area (Å²) in [5.74, 6) is -2.82. The van der Waals surface area contributed by atoms with E-state index in [1.165, 1.54) is 6.92 Å². The standard InChI is InChI=1S/C62H100O32/c1-24-40(89-48-39(77)41(30(70)18-83-48)90-52-45(78)60(81,20-65)22-85-52)35(73)37(75)49(87-24)92-43-34(72)29(69)17-84-51(43)94-54(80)62-11-10-55(2,3)12-26(62)25-8-9-32-56(4)13-28(68)47(57(5,19-64)44(56)27(67)14-59(32,7)58(25,6)15-33(62)71)93-50-38(76)36(74)42(31(16-63)88-50)91-53-46(79)61(82,21-66)23-86-53/h8,24,26-53,63-79,81-82H,9-23H2,1-7H3/t24-,26-,27+,28-,29-,30+,31+,32?,33+,34-,35-,36+,37+,38+,39+,40-,41-,42+,43+,44?,45-,46-,47-,48-,49-,50-,51-,52-,53+,56+,57-,58+,59+,60+,61+,62+/m1/s1. The van der Waals surface area contributed by atoms with Crippen molar-refractivity contribution >= 4 is 5.97 Å². The summed E-state index contributed by atoms with van der Waals surface area (Å²) in [6, 6.07) is 0. The highest BCUT2D eigenvalue weighted by Gasteiger charge is 2.75. The summed E-state index contributed by atoms with van der Waals surface area (Å²) < 4.78 is 70.0. The van der Waals surface area contributed by atoms with Crippen LogP contribution in [0.3, 0.4) is 0 Å². The van der Waals surface area contributed by atoms with Gasteiger partial charge in [-0.05, 0) is 85.4 Å². The zero-order valence-corrected chi connectivity index (χ0v) is 53.7. The van der Waals surface area contributed by atoms with Gasteiger partial charge < -0.3 is 154 Å². The van der Waals surface area contributed by atoms with Gasteiger partial charge in [0.15, 0.2) is 37.6 Å². The third kappa shape index (κ3) is 11.8. The molecule has 0 amide bonds. The monoisotopic (exact) mass is 1360 g/mol. The first-order valence-corrected chi connectivity index (χ1v) is 32.7. The van der Waals surface area contributed by atoms with Crippen LogP contribution in [0.2, 0.25) is 0 Å². The maximum atomic E-state index is 15.5. The van der Waals surface area contributed by atoms with Crippen molar-refractivity contribution < 1.29 is 159 Å². The van der Waals surface area contributed by atoms with Crippen molar-refractivity contribution in [3.8, 4) is 0 Å². The summed E-state index contributed by atoms with van der Waals surface area (Å²) in [7, 11) is 0. The van der Waals surface area contributed by atoms with E-state index in [1.807, 2.05) is 20.8 Å². The number of carbonyl (C=O) groups is 1. The highest BCUT2D eigenvalue weighted by Crippen LogP contribution is 2.76. The molecule has 4 saturated carbocycles. The molecule has 36 atom stereocenters. The van der Waals surface area contributed by atoms with E-state index in [-0.39, 0.29) is 31.6 Å². The van der Waals surface area contributed by atoms with Gasteiger partial charge in [0.2, 0.25) is 6.29 Å². The number of fused-ring (bicyclic) bond motifs is 7. The Bertz CT molecular complexity index is 2700. The van der Waals surface area contributed by atoms with Crippen LogP contribution in [0, 0.1) is 50.2 Å². The summed E-state index contributed by atoms with van der Waals surface area (Å²) in [6.45, 7) is 7.77. The number of hydrogen-bond donors (Lipinski definition) is 19. The van der Waals surface area contributed by atoms with Gasteiger partial charge in [0, 0.05) is 11.3 Å². The van der Waals surface area contributed by atoms with Crippen LogP contribution in [0.4, 0.5) is 0 Å². The molecule has 5 aliphatic carbocycles. The van der Waals surface area contributed by atoms with Crippen LogP contribution < -0.4 is 0 Å². The first-order chi connectivity index (χ1) is 44.0. The molecule has 0 radical (unpaired) electrons. The van der Waals surface area contributed by atoms with E-state index in [4.69, 9.17) is 56.8 Å². The number of carbonyl (C=O) groups excluding carboxylic acids is 1. The molecule has 94 heavy (non-hydrogen) atoms. The fraction of sp³-hybridized carbons (Fsp3) is 0.952. The Morgan fingerprint density at radius 1 is 0.543 bits per heavy atom. The van der Waals surface area contributed by atoms with Crippen molar-refractivity contribution in [3.05, 3.63) is 11.6 Å². The quantitative estimate of drug-likeness (QED) is 0.0388. The topological polar surface area (TPSA) is 512 Å². The SMILES string of the molecule is C[C@H]1O[C@H](O[C@@H]2[C@@H](OC(=O)[C@@]34CCC(C)(C)C[C@@H]3C3=CCC5[C@]6(C)C[C@@H](O)[C@@H](O[C@H]7O[C@@H](CO)[C@H](O[C@@H]8OC[C@@](O)(CO)[C@@H]8O)[C@@H](O)[C@@H]7O)[C@](C)(CO)C6[C@@H](O)C[C@]5(C)[C@@]3(C)C[C@@H]4O)OC[C@@H](O)[C@H]2O)[C@@H](O)[C@@H](O)[C@@H]1O[C@H]1OC[C@H](O)[C@@H](O[C@H]2OC[C@@](O)(CO)[C@@H]2O)[C@@H]1O. The maximum absolute atomic E-state index is 15.5. The highest BCUT2D eigenvalue weighted by molar-refractivity contribution is 5.80. The minimum absolute atomic E-state index is 0.0256. The second-order valence-electron chi connectivity index (χ2n) is 30.6. The molecule has 540 valence electrons. The Morgan fingerprint density at radius 3 is 1.70 bits per heavy atom. The van der Waals surface area contributed by atoms with Gasteiger partial charge in [0.25, 0.3) is 0 Å². The molecular formula is C62H100O32. The van der Waals surface area contributed by atoms with E-state index in [0.29, 0.717) is 19.3 Å². The highest BCUT2D eigenvalue weighted by atomic mass is 16.8. The van der Waals surface area contributed by atoms with Crippen LogP contribution in [0.15, 0.2) is 11.6 Å². The van der Waals surface area contributed by atoms with E-state index < -0.39 is 274 Å². The molecule has 0 aromatic rings.